The van der Waals surface area contributed by atoms with Gasteiger partial charge in [-0.05, 0) is 44.0 Å². The lowest BCUT2D eigenvalue weighted by Crippen LogP contribution is -2.30. The maximum absolute atomic E-state index is 3.50. The van der Waals surface area contributed by atoms with Crippen molar-refractivity contribution in [1.82, 2.24) is 10.2 Å². The van der Waals surface area contributed by atoms with Crippen molar-refractivity contribution in [2.75, 3.05) is 13.1 Å². The van der Waals surface area contributed by atoms with E-state index in [9.17, 15) is 0 Å². The van der Waals surface area contributed by atoms with Gasteiger partial charge in [0.1, 0.15) is 0 Å². The molecule has 0 spiro atoms. The molecule has 0 unspecified atom stereocenters. The summed E-state index contributed by atoms with van der Waals surface area (Å²) in [6.45, 7) is 15.4. The van der Waals surface area contributed by atoms with E-state index in [0.29, 0.717) is 12.0 Å². The summed E-state index contributed by atoms with van der Waals surface area (Å²) in [5, 5.41) is 3.50. The Morgan fingerprint density at radius 3 is 2.37 bits per heavy atom. The van der Waals surface area contributed by atoms with Crippen molar-refractivity contribution in [1.29, 1.82) is 0 Å². The minimum absolute atomic E-state index is 0.604. The molecular formula is C17H30N2. The quantitative estimate of drug-likeness (QED) is 0.769. The average Bonchev–Trinajstić information content (AvgIpc) is 2.35. The van der Waals surface area contributed by atoms with Crippen LogP contribution in [0.1, 0.15) is 45.7 Å². The molecule has 108 valence electrons. The lowest BCUT2D eigenvalue weighted by Gasteiger charge is -2.25. The van der Waals surface area contributed by atoms with E-state index in [-0.39, 0.29) is 0 Å². The van der Waals surface area contributed by atoms with Crippen molar-refractivity contribution in [3.8, 4) is 0 Å². The fourth-order valence-corrected chi connectivity index (χ4v) is 2.24. The van der Waals surface area contributed by atoms with E-state index in [1.54, 1.807) is 0 Å². The molecule has 19 heavy (non-hydrogen) atoms. The molecule has 2 heteroatoms. The maximum Gasteiger partial charge on any atom is 0.0236 e. The van der Waals surface area contributed by atoms with Crippen molar-refractivity contribution in [2.24, 2.45) is 5.92 Å². The van der Waals surface area contributed by atoms with Gasteiger partial charge in [-0.15, -0.1) is 0 Å². The second kappa shape index (κ2) is 8.34. The molecule has 1 aromatic carbocycles. The summed E-state index contributed by atoms with van der Waals surface area (Å²) in [4.78, 5) is 2.49. The molecule has 0 aromatic heterocycles. The molecule has 1 rings (SSSR count). The van der Waals surface area contributed by atoms with Gasteiger partial charge in [0.2, 0.25) is 0 Å². The van der Waals surface area contributed by atoms with Crippen LogP contribution in [-0.2, 0) is 13.1 Å². The summed E-state index contributed by atoms with van der Waals surface area (Å²) >= 11 is 0. The summed E-state index contributed by atoms with van der Waals surface area (Å²) in [5.41, 5.74) is 2.80. The highest BCUT2D eigenvalue weighted by atomic mass is 15.1. The van der Waals surface area contributed by atoms with Gasteiger partial charge in [-0.3, -0.25) is 4.90 Å². The van der Waals surface area contributed by atoms with E-state index in [4.69, 9.17) is 0 Å². The fraction of sp³-hybridized carbons (Fsp3) is 0.647. The van der Waals surface area contributed by atoms with E-state index >= 15 is 0 Å². The Kier molecular flexibility index (Phi) is 7.11. The molecule has 1 aromatic rings. The van der Waals surface area contributed by atoms with E-state index in [1.807, 2.05) is 0 Å². The zero-order chi connectivity index (χ0) is 14.3. The van der Waals surface area contributed by atoms with Gasteiger partial charge in [-0.25, -0.2) is 0 Å². The molecule has 0 bridgehead atoms. The molecule has 0 heterocycles. The molecule has 0 saturated heterocycles. The van der Waals surface area contributed by atoms with Crippen LogP contribution in [0.3, 0.4) is 0 Å². The maximum atomic E-state index is 3.50. The Labute approximate surface area is 119 Å². The van der Waals surface area contributed by atoms with Gasteiger partial charge in [0, 0.05) is 19.1 Å². The highest BCUT2D eigenvalue weighted by molar-refractivity contribution is 5.23. The van der Waals surface area contributed by atoms with Gasteiger partial charge in [-0.2, -0.15) is 0 Å². The molecule has 0 amide bonds. The molecule has 0 atom stereocenters. The van der Waals surface area contributed by atoms with Gasteiger partial charge < -0.3 is 5.32 Å². The topological polar surface area (TPSA) is 15.3 Å². The highest BCUT2D eigenvalue weighted by Gasteiger charge is 2.07. The molecule has 1 N–H and O–H groups in total. The molecule has 0 saturated carbocycles. The van der Waals surface area contributed by atoms with Crippen LogP contribution >= 0.6 is 0 Å². The van der Waals surface area contributed by atoms with E-state index in [2.05, 4.69) is 69.1 Å². The monoisotopic (exact) mass is 262 g/mol. The second-order valence-corrected chi connectivity index (χ2v) is 6.00. The Morgan fingerprint density at radius 1 is 1.11 bits per heavy atom. The number of rotatable bonds is 8. The standard InChI is InChI=1S/C17H30N2/c1-6-19(15(4)5)13-17-9-7-8-16(10-17)12-18-11-14(2)3/h7-10,14-15,18H,6,11-13H2,1-5H3. The van der Waals surface area contributed by atoms with Crippen molar-refractivity contribution < 1.29 is 0 Å². The number of benzene rings is 1. The Balaban J connectivity index is 2.56. The number of nitrogens with zero attached hydrogens (tertiary/aromatic N) is 1. The van der Waals surface area contributed by atoms with Crippen LogP contribution in [0, 0.1) is 5.92 Å². The van der Waals surface area contributed by atoms with Crippen LogP contribution in [0.25, 0.3) is 0 Å². The Bertz CT molecular complexity index is 358. The van der Waals surface area contributed by atoms with Crippen molar-refractivity contribution in [3.63, 3.8) is 0 Å². The number of hydrogen-bond acceptors (Lipinski definition) is 2. The summed E-state index contributed by atoms with van der Waals surface area (Å²) < 4.78 is 0. The first-order chi connectivity index (χ1) is 9.02. The summed E-state index contributed by atoms with van der Waals surface area (Å²) in [6.07, 6.45) is 0. The molecule has 2 nitrogen and oxygen atoms in total. The zero-order valence-electron chi connectivity index (χ0n) is 13.2. The first-order valence-corrected chi connectivity index (χ1v) is 7.55. The second-order valence-electron chi connectivity index (χ2n) is 6.00. The largest absolute Gasteiger partial charge is 0.312 e. The lowest BCUT2D eigenvalue weighted by atomic mass is 10.1. The van der Waals surface area contributed by atoms with Crippen LogP contribution < -0.4 is 5.32 Å². The Morgan fingerprint density at radius 2 is 1.79 bits per heavy atom. The van der Waals surface area contributed by atoms with E-state index in [0.717, 1.165) is 26.2 Å². The number of nitrogens with one attached hydrogen (secondary N) is 1. The highest BCUT2D eigenvalue weighted by Crippen LogP contribution is 2.10. The Hall–Kier alpha value is -0.860. The SMILES string of the molecule is CCN(Cc1cccc(CNCC(C)C)c1)C(C)C. The molecule has 0 aliphatic rings. The minimum Gasteiger partial charge on any atom is -0.312 e. The van der Waals surface area contributed by atoms with Crippen LogP contribution in [0.15, 0.2) is 24.3 Å². The third kappa shape index (κ3) is 6.22. The summed E-state index contributed by atoms with van der Waals surface area (Å²) in [7, 11) is 0. The number of hydrogen-bond donors (Lipinski definition) is 1. The van der Waals surface area contributed by atoms with Crippen LogP contribution in [0.2, 0.25) is 0 Å². The van der Waals surface area contributed by atoms with Crippen molar-refractivity contribution in [2.45, 2.75) is 53.8 Å². The third-order valence-electron chi connectivity index (χ3n) is 3.40. The smallest absolute Gasteiger partial charge is 0.0236 e. The third-order valence-corrected chi connectivity index (χ3v) is 3.40. The first kappa shape index (κ1) is 16.2. The molecule has 0 aliphatic carbocycles. The lowest BCUT2D eigenvalue weighted by molar-refractivity contribution is 0.225. The zero-order valence-corrected chi connectivity index (χ0v) is 13.2. The van der Waals surface area contributed by atoms with Gasteiger partial charge in [0.25, 0.3) is 0 Å². The molecule has 0 aliphatic heterocycles. The fourth-order valence-electron chi connectivity index (χ4n) is 2.24. The van der Waals surface area contributed by atoms with E-state index in [1.165, 1.54) is 11.1 Å². The molecular weight excluding hydrogens is 232 g/mol. The first-order valence-electron chi connectivity index (χ1n) is 7.55. The van der Waals surface area contributed by atoms with Gasteiger partial charge in [0.05, 0.1) is 0 Å². The minimum atomic E-state index is 0.604. The van der Waals surface area contributed by atoms with Crippen LogP contribution in [-0.4, -0.2) is 24.0 Å². The predicted octanol–water partition coefficient (Wildman–Crippen LogP) is 3.66. The summed E-state index contributed by atoms with van der Waals surface area (Å²) in [6, 6.07) is 9.56. The van der Waals surface area contributed by atoms with Crippen LogP contribution in [0.4, 0.5) is 0 Å². The van der Waals surface area contributed by atoms with Crippen molar-refractivity contribution >= 4 is 0 Å². The molecule has 0 fully saturated rings. The van der Waals surface area contributed by atoms with E-state index < -0.39 is 0 Å². The predicted molar refractivity (Wildman–Crippen MR) is 84.2 cm³/mol. The van der Waals surface area contributed by atoms with Crippen molar-refractivity contribution in [3.05, 3.63) is 35.4 Å². The summed E-state index contributed by atoms with van der Waals surface area (Å²) in [5.74, 6) is 0.708. The normalized spacial score (nSPS) is 11.8. The van der Waals surface area contributed by atoms with Gasteiger partial charge in [0.15, 0.2) is 0 Å². The van der Waals surface area contributed by atoms with Gasteiger partial charge in [-0.1, -0.05) is 45.0 Å². The average molecular weight is 262 g/mol. The molecule has 0 radical (unpaired) electrons. The van der Waals surface area contributed by atoms with Gasteiger partial charge >= 0.3 is 0 Å². The van der Waals surface area contributed by atoms with Crippen LogP contribution in [0.5, 0.6) is 0 Å².